The number of nitrogens with one attached hydrogen (secondary N) is 1. The fourth-order valence-electron chi connectivity index (χ4n) is 2.91. The number of aryl methyl sites for hydroxylation is 1. The minimum atomic E-state index is -0.404. The van der Waals surface area contributed by atoms with Gasteiger partial charge in [-0.25, -0.2) is 5.43 Å². The molecule has 1 unspecified atom stereocenters. The maximum absolute atomic E-state index is 6.31. The number of hydrazine groups is 1. The fraction of sp³-hybridized carbons (Fsp3) is 0.769. The number of nitrogens with zero attached hydrogens (tertiary/aromatic N) is 2. The molecule has 114 valence electrons. The first kappa shape index (κ1) is 15.7. The third-order valence-electron chi connectivity index (χ3n) is 3.87. The van der Waals surface area contributed by atoms with E-state index in [0.29, 0.717) is 24.8 Å². The monoisotopic (exact) mass is 302 g/mol. The Bertz CT molecular complexity index is 426. The summed E-state index contributed by atoms with van der Waals surface area (Å²) in [7, 11) is 0. The van der Waals surface area contributed by atoms with Crippen molar-refractivity contribution in [2.45, 2.75) is 44.9 Å². The van der Waals surface area contributed by atoms with Crippen LogP contribution in [0.4, 0.5) is 0 Å². The lowest BCUT2D eigenvalue weighted by molar-refractivity contribution is -0.129. The van der Waals surface area contributed by atoms with Crippen molar-refractivity contribution >= 4 is 11.6 Å². The molecule has 3 N–H and O–H groups in total. The summed E-state index contributed by atoms with van der Waals surface area (Å²) in [6, 6.07) is -0.207. The molecule has 0 aromatic carbocycles. The maximum atomic E-state index is 6.31. The summed E-state index contributed by atoms with van der Waals surface area (Å²) >= 11 is 6.31. The smallest absolute Gasteiger partial charge is 0.0948 e. The van der Waals surface area contributed by atoms with E-state index >= 15 is 0 Å². The second kappa shape index (κ2) is 6.87. The van der Waals surface area contributed by atoms with Crippen LogP contribution in [0.5, 0.6) is 0 Å². The SMILES string of the molecule is CCOC1(C(NN)c2c(Cl)cnn2CC)CCOCC1. The van der Waals surface area contributed by atoms with Gasteiger partial charge in [-0.2, -0.15) is 5.10 Å². The van der Waals surface area contributed by atoms with Crippen LogP contribution in [0, 0.1) is 0 Å². The van der Waals surface area contributed by atoms with Crippen molar-refractivity contribution in [2.24, 2.45) is 5.84 Å². The third-order valence-corrected chi connectivity index (χ3v) is 4.16. The van der Waals surface area contributed by atoms with Gasteiger partial charge in [-0.15, -0.1) is 0 Å². The quantitative estimate of drug-likeness (QED) is 0.617. The zero-order valence-electron chi connectivity index (χ0n) is 12.1. The summed E-state index contributed by atoms with van der Waals surface area (Å²) < 4.78 is 13.4. The van der Waals surface area contributed by atoms with Gasteiger partial charge in [-0.1, -0.05) is 11.6 Å². The predicted molar refractivity (Wildman–Crippen MR) is 77.4 cm³/mol. The molecule has 20 heavy (non-hydrogen) atoms. The van der Waals surface area contributed by atoms with Gasteiger partial charge in [0.1, 0.15) is 0 Å². The van der Waals surface area contributed by atoms with Crippen molar-refractivity contribution in [1.82, 2.24) is 15.2 Å². The highest BCUT2D eigenvalue weighted by Gasteiger charge is 2.44. The molecule has 1 saturated heterocycles. The van der Waals surface area contributed by atoms with Gasteiger partial charge >= 0.3 is 0 Å². The van der Waals surface area contributed by atoms with Crippen LogP contribution < -0.4 is 11.3 Å². The number of nitrogens with two attached hydrogens (primary N) is 1. The van der Waals surface area contributed by atoms with Crippen molar-refractivity contribution in [1.29, 1.82) is 0 Å². The minimum absolute atomic E-state index is 0.207. The molecule has 1 aliphatic heterocycles. The average Bonchev–Trinajstić information content (AvgIpc) is 2.82. The topological polar surface area (TPSA) is 74.3 Å². The summed E-state index contributed by atoms with van der Waals surface area (Å²) in [5.74, 6) is 5.83. The molecule has 0 bridgehead atoms. The number of hydrogen-bond donors (Lipinski definition) is 2. The first-order valence-electron chi connectivity index (χ1n) is 7.07. The second-order valence-corrected chi connectivity index (χ2v) is 5.31. The van der Waals surface area contributed by atoms with Gasteiger partial charge in [0.25, 0.3) is 0 Å². The van der Waals surface area contributed by atoms with Crippen LogP contribution in [0.3, 0.4) is 0 Å². The fourth-order valence-corrected chi connectivity index (χ4v) is 3.16. The van der Waals surface area contributed by atoms with E-state index in [0.717, 1.165) is 25.1 Å². The van der Waals surface area contributed by atoms with Gasteiger partial charge in [0.05, 0.1) is 28.6 Å². The van der Waals surface area contributed by atoms with Crippen molar-refractivity contribution in [3.8, 4) is 0 Å². The van der Waals surface area contributed by atoms with Gasteiger partial charge in [-0.3, -0.25) is 10.5 Å². The van der Waals surface area contributed by atoms with Crippen LogP contribution in [0.2, 0.25) is 5.02 Å². The van der Waals surface area contributed by atoms with E-state index < -0.39 is 5.60 Å². The van der Waals surface area contributed by atoms with Crippen LogP contribution >= 0.6 is 11.6 Å². The van der Waals surface area contributed by atoms with Crippen LogP contribution in [0.25, 0.3) is 0 Å². The Morgan fingerprint density at radius 3 is 2.80 bits per heavy atom. The van der Waals surface area contributed by atoms with E-state index in [-0.39, 0.29) is 6.04 Å². The normalized spacial score (nSPS) is 20.0. The Kier molecular flexibility index (Phi) is 5.40. The Balaban J connectivity index is 2.39. The Hall–Kier alpha value is -0.660. The van der Waals surface area contributed by atoms with Gasteiger partial charge in [0.2, 0.25) is 0 Å². The van der Waals surface area contributed by atoms with E-state index in [9.17, 15) is 0 Å². The largest absolute Gasteiger partial charge is 0.381 e. The Morgan fingerprint density at radius 1 is 1.55 bits per heavy atom. The lowest BCUT2D eigenvalue weighted by Gasteiger charge is -2.42. The highest BCUT2D eigenvalue weighted by molar-refractivity contribution is 6.31. The third kappa shape index (κ3) is 2.84. The molecule has 2 heterocycles. The number of aromatic nitrogens is 2. The standard InChI is InChI=1S/C13H23ClN4O2/c1-3-18-11(10(14)9-16-18)12(17-15)13(20-4-2)5-7-19-8-6-13/h9,12,17H,3-8,15H2,1-2H3. The molecule has 0 saturated carbocycles. The molecule has 0 radical (unpaired) electrons. The number of ether oxygens (including phenoxy) is 2. The van der Waals surface area contributed by atoms with Gasteiger partial charge < -0.3 is 9.47 Å². The second-order valence-electron chi connectivity index (χ2n) is 4.90. The van der Waals surface area contributed by atoms with Gasteiger partial charge in [-0.05, 0) is 13.8 Å². The molecule has 2 rings (SSSR count). The van der Waals surface area contributed by atoms with Crippen LogP contribution in [0.15, 0.2) is 6.20 Å². The summed E-state index contributed by atoms with van der Waals surface area (Å²) in [4.78, 5) is 0. The lowest BCUT2D eigenvalue weighted by Crippen LogP contribution is -2.52. The molecule has 0 spiro atoms. The van der Waals surface area contributed by atoms with E-state index in [1.54, 1.807) is 6.20 Å². The van der Waals surface area contributed by atoms with Crippen molar-refractivity contribution in [3.63, 3.8) is 0 Å². The predicted octanol–water partition coefficient (Wildman–Crippen LogP) is 1.65. The molecule has 6 nitrogen and oxygen atoms in total. The molecule has 0 aliphatic carbocycles. The van der Waals surface area contributed by atoms with Crippen LogP contribution in [0.1, 0.15) is 38.4 Å². The summed E-state index contributed by atoms with van der Waals surface area (Å²) in [5.41, 5.74) is 3.37. The highest BCUT2D eigenvalue weighted by atomic mass is 35.5. The van der Waals surface area contributed by atoms with Crippen LogP contribution in [-0.4, -0.2) is 35.2 Å². The number of rotatable bonds is 6. The first-order chi connectivity index (χ1) is 9.68. The van der Waals surface area contributed by atoms with Gasteiger partial charge in [0.15, 0.2) is 0 Å². The molecule has 7 heteroatoms. The lowest BCUT2D eigenvalue weighted by atomic mass is 9.84. The van der Waals surface area contributed by atoms with E-state index in [2.05, 4.69) is 10.5 Å². The van der Waals surface area contributed by atoms with Gasteiger partial charge in [0, 0.05) is 39.2 Å². The summed E-state index contributed by atoms with van der Waals surface area (Å²) in [6.07, 6.45) is 3.21. The molecular weight excluding hydrogens is 280 g/mol. The van der Waals surface area contributed by atoms with E-state index in [1.165, 1.54) is 0 Å². The van der Waals surface area contributed by atoms with Crippen molar-refractivity contribution < 1.29 is 9.47 Å². The molecular formula is C13H23ClN4O2. The number of hydrogen-bond acceptors (Lipinski definition) is 5. The van der Waals surface area contributed by atoms with Crippen molar-refractivity contribution in [3.05, 3.63) is 16.9 Å². The number of halogens is 1. The molecule has 1 fully saturated rings. The summed E-state index contributed by atoms with van der Waals surface area (Å²) in [5, 5.41) is 4.90. The minimum Gasteiger partial charge on any atom is -0.381 e. The zero-order valence-corrected chi connectivity index (χ0v) is 12.8. The van der Waals surface area contributed by atoms with E-state index in [4.69, 9.17) is 26.9 Å². The highest BCUT2D eigenvalue weighted by Crippen LogP contribution is 2.39. The first-order valence-corrected chi connectivity index (χ1v) is 7.45. The molecule has 1 aromatic rings. The van der Waals surface area contributed by atoms with Crippen LogP contribution in [-0.2, 0) is 16.0 Å². The molecule has 1 atom stereocenters. The Morgan fingerprint density at radius 2 is 2.25 bits per heavy atom. The molecule has 1 aromatic heterocycles. The maximum Gasteiger partial charge on any atom is 0.0948 e. The average molecular weight is 303 g/mol. The summed E-state index contributed by atoms with van der Waals surface area (Å²) in [6.45, 7) is 6.70. The molecule has 1 aliphatic rings. The van der Waals surface area contributed by atoms with E-state index in [1.807, 2.05) is 18.5 Å². The zero-order chi connectivity index (χ0) is 14.6. The van der Waals surface area contributed by atoms with Crippen molar-refractivity contribution in [2.75, 3.05) is 19.8 Å². The Labute approximate surface area is 124 Å². The molecule has 0 amide bonds.